The van der Waals surface area contributed by atoms with Crippen LogP contribution in [0.3, 0.4) is 0 Å². The molecule has 2 heterocycles. The minimum Gasteiger partial charge on any atom is -0.373 e. The molecule has 4 aliphatic rings. The lowest BCUT2D eigenvalue weighted by Gasteiger charge is -1.94. The first-order chi connectivity index (χ1) is 3.81. The number of nitrogens with two attached hydrogens (primary N) is 1. The maximum Gasteiger partial charge on any atom is 0.0810 e. The summed E-state index contributed by atoms with van der Waals surface area (Å²) in [5, 5.41) is 0. The third-order valence-corrected chi connectivity index (χ3v) is 2.91. The van der Waals surface area contributed by atoms with Gasteiger partial charge in [-0.05, 0) is 12.8 Å². The second-order valence-corrected chi connectivity index (χ2v) is 3.34. The van der Waals surface area contributed by atoms with Crippen molar-refractivity contribution in [2.45, 2.75) is 30.6 Å². The minimum absolute atomic E-state index is 0.171. The molecule has 2 aliphatic carbocycles. The van der Waals surface area contributed by atoms with Crippen molar-refractivity contribution < 1.29 is 4.74 Å². The van der Waals surface area contributed by atoms with Gasteiger partial charge in [0.2, 0.25) is 0 Å². The van der Waals surface area contributed by atoms with Crippen LogP contribution in [-0.2, 0) is 4.74 Å². The zero-order valence-electron chi connectivity index (χ0n) is 4.63. The van der Waals surface area contributed by atoms with Gasteiger partial charge in [0.25, 0.3) is 0 Å². The fourth-order valence-corrected chi connectivity index (χ4v) is 2.41. The Morgan fingerprint density at radius 2 is 2.50 bits per heavy atom. The first-order valence-electron chi connectivity index (χ1n) is 3.25. The van der Waals surface area contributed by atoms with Gasteiger partial charge in [-0.3, -0.25) is 0 Å². The Kier molecular flexibility index (Phi) is 0.364. The average molecular weight is 111 g/mol. The van der Waals surface area contributed by atoms with E-state index in [-0.39, 0.29) is 5.54 Å². The first-order valence-corrected chi connectivity index (χ1v) is 3.25. The highest BCUT2D eigenvalue weighted by molar-refractivity contribution is 5.28. The van der Waals surface area contributed by atoms with E-state index in [4.69, 9.17) is 10.5 Å². The zero-order valence-corrected chi connectivity index (χ0v) is 4.63. The van der Waals surface area contributed by atoms with Crippen molar-refractivity contribution in [3.63, 3.8) is 0 Å². The molecule has 0 radical (unpaired) electrons. The average Bonchev–Trinajstić information content (AvgIpc) is 2.11. The van der Waals surface area contributed by atoms with E-state index in [0.29, 0.717) is 12.2 Å². The minimum atomic E-state index is 0.171. The Morgan fingerprint density at radius 3 is 2.62 bits per heavy atom. The van der Waals surface area contributed by atoms with E-state index in [1.807, 2.05) is 0 Å². The normalized spacial score (nSPS) is 73.9. The summed E-state index contributed by atoms with van der Waals surface area (Å²) >= 11 is 0. The van der Waals surface area contributed by atoms with Gasteiger partial charge in [-0.15, -0.1) is 0 Å². The van der Waals surface area contributed by atoms with E-state index in [1.165, 1.54) is 6.42 Å². The highest BCUT2D eigenvalue weighted by atomic mass is 16.5. The molecule has 0 aromatic heterocycles. The number of rotatable bonds is 0. The molecule has 8 heavy (non-hydrogen) atoms. The molecule has 0 aromatic rings. The van der Waals surface area contributed by atoms with Gasteiger partial charge in [0.05, 0.1) is 17.7 Å². The molecule has 2 saturated carbocycles. The molecule has 0 aromatic carbocycles. The molecule has 2 saturated heterocycles. The van der Waals surface area contributed by atoms with Gasteiger partial charge in [0.15, 0.2) is 0 Å². The molecule has 2 heteroatoms. The molecule has 4 rings (SSSR count). The Balaban J connectivity index is 2.16. The van der Waals surface area contributed by atoms with Crippen LogP contribution in [0.2, 0.25) is 0 Å². The van der Waals surface area contributed by atoms with Gasteiger partial charge in [-0.2, -0.15) is 0 Å². The van der Waals surface area contributed by atoms with Gasteiger partial charge in [-0.25, -0.2) is 0 Å². The van der Waals surface area contributed by atoms with Crippen LogP contribution >= 0.6 is 0 Å². The number of hydrogen-bond donors (Lipinski definition) is 1. The third kappa shape index (κ3) is 0.198. The molecule has 4 bridgehead atoms. The van der Waals surface area contributed by atoms with E-state index in [9.17, 15) is 0 Å². The lowest BCUT2D eigenvalue weighted by molar-refractivity contribution is 0.117. The predicted molar refractivity (Wildman–Crippen MR) is 28.3 cm³/mol. The molecule has 4 atom stereocenters. The van der Waals surface area contributed by atoms with Gasteiger partial charge in [0, 0.05) is 5.92 Å². The second kappa shape index (κ2) is 0.755. The Morgan fingerprint density at radius 1 is 1.62 bits per heavy atom. The van der Waals surface area contributed by atoms with Crippen LogP contribution in [0, 0.1) is 5.92 Å². The van der Waals surface area contributed by atoms with Crippen molar-refractivity contribution in [1.82, 2.24) is 0 Å². The van der Waals surface area contributed by atoms with E-state index < -0.39 is 0 Å². The summed E-state index contributed by atoms with van der Waals surface area (Å²) in [5.41, 5.74) is 6.08. The molecule has 1 unspecified atom stereocenters. The molecule has 2 aliphatic heterocycles. The summed E-state index contributed by atoms with van der Waals surface area (Å²) in [4.78, 5) is 0. The Hall–Kier alpha value is -0.0800. The van der Waals surface area contributed by atoms with Gasteiger partial charge in [0.1, 0.15) is 0 Å². The fraction of sp³-hybridized carbons (Fsp3) is 1.00. The van der Waals surface area contributed by atoms with Crippen LogP contribution in [-0.4, -0.2) is 17.7 Å². The van der Waals surface area contributed by atoms with Crippen molar-refractivity contribution in [3.8, 4) is 0 Å². The lowest BCUT2D eigenvalue weighted by Crippen LogP contribution is -2.22. The SMILES string of the molecule is N[C@]12C[C@H]3CC1[C@@H]2O3. The van der Waals surface area contributed by atoms with Gasteiger partial charge >= 0.3 is 0 Å². The van der Waals surface area contributed by atoms with Crippen LogP contribution in [0.1, 0.15) is 12.8 Å². The summed E-state index contributed by atoms with van der Waals surface area (Å²) in [5.74, 6) is 0.757. The quantitative estimate of drug-likeness (QED) is 0.473. The lowest BCUT2D eigenvalue weighted by atomic mass is 10.2. The van der Waals surface area contributed by atoms with Crippen molar-refractivity contribution in [2.24, 2.45) is 11.7 Å². The molecule has 2 N–H and O–H groups in total. The van der Waals surface area contributed by atoms with Crippen molar-refractivity contribution in [3.05, 3.63) is 0 Å². The monoisotopic (exact) mass is 111 g/mol. The first kappa shape index (κ1) is 3.85. The topological polar surface area (TPSA) is 35.2 Å². The molecule has 0 spiro atoms. The highest BCUT2D eigenvalue weighted by Crippen LogP contribution is 2.63. The summed E-state index contributed by atoms with van der Waals surface area (Å²) in [6, 6.07) is 0. The highest BCUT2D eigenvalue weighted by Gasteiger charge is 2.74. The van der Waals surface area contributed by atoms with Gasteiger partial charge < -0.3 is 10.5 Å². The largest absolute Gasteiger partial charge is 0.373 e. The van der Waals surface area contributed by atoms with Crippen LogP contribution in [0.15, 0.2) is 0 Å². The molecular formula is C6H9NO. The smallest absolute Gasteiger partial charge is 0.0810 e. The number of ether oxygens (including phenoxy) is 1. The van der Waals surface area contributed by atoms with E-state index >= 15 is 0 Å². The van der Waals surface area contributed by atoms with Crippen LogP contribution in [0.4, 0.5) is 0 Å². The second-order valence-electron chi connectivity index (χ2n) is 3.34. The van der Waals surface area contributed by atoms with Gasteiger partial charge in [-0.1, -0.05) is 0 Å². The summed E-state index contributed by atoms with van der Waals surface area (Å²) in [6.45, 7) is 0. The zero-order chi connectivity index (χ0) is 5.35. The van der Waals surface area contributed by atoms with Crippen LogP contribution in [0.25, 0.3) is 0 Å². The van der Waals surface area contributed by atoms with Crippen molar-refractivity contribution in [2.75, 3.05) is 0 Å². The summed E-state index contributed by atoms with van der Waals surface area (Å²) < 4.78 is 5.49. The Bertz CT molecular complexity index is 145. The standard InChI is InChI=1S/C6H9NO/c7-6-2-3-1-4(6)5(6)8-3/h3-5H,1-2,7H2/t3-,4?,5+,6-/m1/s1. The van der Waals surface area contributed by atoms with Crippen LogP contribution < -0.4 is 5.73 Å². The van der Waals surface area contributed by atoms with Crippen LogP contribution in [0.5, 0.6) is 0 Å². The maximum atomic E-state index is 5.91. The van der Waals surface area contributed by atoms with Crippen molar-refractivity contribution >= 4 is 0 Å². The maximum absolute atomic E-state index is 5.91. The molecule has 0 amide bonds. The van der Waals surface area contributed by atoms with E-state index in [1.54, 1.807) is 0 Å². The number of hydrogen-bond acceptors (Lipinski definition) is 2. The molecule has 4 fully saturated rings. The third-order valence-electron chi connectivity index (χ3n) is 2.91. The van der Waals surface area contributed by atoms with Crippen molar-refractivity contribution in [1.29, 1.82) is 0 Å². The summed E-state index contributed by atoms with van der Waals surface area (Å²) in [6.07, 6.45) is 3.42. The van der Waals surface area contributed by atoms with E-state index in [2.05, 4.69) is 0 Å². The molecular weight excluding hydrogens is 102 g/mol. The summed E-state index contributed by atoms with van der Waals surface area (Å²) in [7, 11) is 0. The fourth-order valence-electron chi connectivity index (χ4n) is 2.41. The van der Waals surface area contributed by atoms with E-state index in [0.717, 1.165) is 12.3 Å². The molecule has 44 valence electrons. The Labute approximate surface area is 48.0 Å². The predicted octanol–water partition coefficient (Wildman–Crippen LogP) is -0.125. The molecule has 2 nitrogen and oxygen atoms in total.